The van der Waals surface area contributed by atoms with Crippen LogP contribution in [-0.2, 0) is 4.74 Å². The largest absolute Gasteiger partial charge is 0.375 e. The predicted octanol–water partition coefficient (Wildman–Crippen LogP) is 3.43. The summed E-state index contributed by atoms with van der Waals surface area (Å²) in [6.45, 7) is 13.9. The van der Waals surface area contributed by atoms with Crippen LogP contribution in [0.2, 0.25) is 0 Å². The van der Waals surface area contributed by atoms with Crippen LogP contribution in [0.1, 0.15) is 66.2 Å². The predicted molar refractivity (Wildman–Crippen MR) is 89.7 cm³/mol. The molecule has 124 valence electrons. The third-order valence-electron chi connectivity index (χ3n) is 5.87. The summed E-state index contributed by atoms with van der Waals surface area (Å²) in [4.78, 5) is 2.76. The Morgan fingerprint density at radius 3 is 2.57 bits per heavy atom. The minimum absolute atomic E-state index is 0.156. The molecule has 2 fully saturated rings. The van der Waals surface area contributed by atoms with Crippen LogP contribution in [0.15, 0.2) is 0 Å². The first kappa shape index (κ1) is 17.2. The molecule has 0 aromatic carbocycles. The lowest BCUT2D eigenvalue weighted by molar-refractivity contribution is -0.114. The molecule has 0 saturated carbocycles. The zero-order chi connectivity index (χ0) is 15.3. The molecule has 3 atom stereocenters. The van der Waals surface area contributed by atoms with Gasteiger partial charge < -0.3 is 10.1 Å². The van der Waals surface area contributed by atoms with Crippen LogP contribution in [0.25, 0.3) is 0 Å². The average Bonchev–Trinajstić information content (AvgIpc) is 2.53. The maximum atomic E-state index is 6.15. The molecule has 1 N–H and O–H groups in total. The van der Waals surface area contributed by atoms with Crippen LogP contribution >= 0.6 is 0 Å². The summed E-state index contributed by atoms with van der Waals surface area (Å²) in [6, 6.07) is 1.47. The molecule has 0 amide bonds. The van der Waals surface area contributed by atoms with Crippen molar-refractivity contribution in [3.05, 3.63) is 0 Å². The quantitative estimate of drug-likeness (QED) is 0.812. The number of piperidine rings is 1. The number of ether oxygens (including phenoxy) is 1. The molecule has 2 rings (SSSR count). The lowest BCUT2D eigenvalue weighted by atomic mass is 9.83. The van der Waals surface area contributed by atoms with Crippen molar-refractivity contribution in [2.45, 2.75) is 83.9 Å². The highest BCUT2D eigenvalue weighted by molar-refractivity contribution is 4.92. The summed E-state index contributed by atoms with van der Waals surface area (Å²) in [5.41, 5.74) is 0.156. The van der Waals surface area contributed by atoms with E-state index in [1.165, 1.54) is 45.3 Å². The van der Waals surface area contributed by atoms with Crippen molar-refractivity contribution in [1.82, 2.24) is 10.2 Å². The lowest BCUT2D eigenvalue weighted by Gasteiger charge is -2.47. The second-order valence-corrected chi connectivity index (χ2v) is 7.21. The molecule has 3 heteroatoms. The fraction of sp³-hybridized carbons (Fsp3) is 1.00. The minimum atomic E-state index is 0.156. The second-order valence-electron chi connectivity index (χ2n) is 7.21. The number of likely N-dealkylation sites (tertiary alicyclic amines) is 1. The highest BCUT2D eigenvalue weighted by Gasteiger charge is 2.38. The zero-order valence-electron chi connectivity index (χ0n) is 14.7. The molecular formula is C18H36N2O. The van der Waals surface area contributed by atoms with Gasteiger partial charge in [-0.05, 0) is 57.5 Å². The van der Waals surface area contributed by atoms with Crippen LogP contribution in [0.3, 0.4) is 0 Å². The maximum absolute atomic E-state index is 6.15. The number of hydrogen-bond acceptors (Lipinski definition) is 3. The van der Waals surface area contributed by atoms with Gasteiger partial charge in [0.2, 0.25) is 0 Å². The molecule has 0 aliphatic carbocycles. The van der Waals surface area contributed by atoms with E-state index in [1.54, 1.807) is 0 Å². The van der Waals surface area contributed by atoms with Crippen LogP contribution in [-0.4, -0.2) is 48.8 Å². The summed E-state index contributed by atoms with van der Waals surface area (Å²) < 4.78 is 6.15. The van der Waals surface area contributed by atoms with E-state index in [0.29, 0.717) is 0 Å². The third kappa shape index (κ3) is 4.20. The van der Waals surface area contributed by atoms with Gasteiger partial charge in [-0.1, -0.05) is 27.7 Å². The highest BCUT2D eigenvalue weighted by Crippen LogP contribution is 2.35. The fourth-order valence-electron chi connectivity index (χ4n) is 4.20. The zero-order valence-corrected chi connectivity index (χ0v) is 14.7. The average molecular weight is 296 g/mol. The van der Waals surface area contributed by atoms with E-state index in [2.05, 4.69) is 37.9 Å². The monoisotopic (exact) mass is 296 g/mol. The van der Waals surface area contributed by atoms with Gasteiger partial charge in [-0.25, -0.2) is 0 Å². The topological polar surface area (TPSA) is 24.5 Å². The van der Waals surface area contributed by atoms with Crippen LogP contribution < -0.4 is 5.32 Å². The smallest absolute Gasteiger partial charge is 0.0692 e. The van der Waals surface area contributed by atoms with E-state index in [9.17, 15) is 0 Å². The molecule has 2 saturated heterocycles. The Hall–Kier alpha value is -0.120. The molecule has 3 nitrogen and oxygen atoms in total. The first-order chi connectivity index (χ1) is 10.1. The van der Waals surface area contributed by atoms with Crippen LogP contribution in [0.4, 0.5) is 0 Å². The Labute approximate surface area is 131 Å². The van der Waals surface area contributed by atoms with Crippen molar-refractivity contribution in [3.8, 4) is 0 Å². The molecule has 0 radical (unpaired) electrons. The number of nitrogens with zero attached hydrogens (tertiary/aromatic N) is 1. The van der Waals surface area contributed by atoms with Gasteiger partial charge in [-0.2, -0.15) is 0 Å². The van der Waals surface area contributed by atoms with Gasteiger partial charge in [0.25, 0.3) is 0 Å². The van der Waals surface area contributed by atoms with E-state index in [0.717, 1.165) is 37.5 Å². The molecule has 0 bridgehead atoms. The van der Waals surface area contributed by atoms with Gasteiger partial charge in [0.1, 0.15) is 0 Å². The van der Waals surface area contributed by atoms with Crippen molar-refractivity contribution in [2.75, 3.05) is 26.2 Å². The van der Waals surface area contributed by atoms with Gasteiger partial charge in [0.05, 0.1) is 5.60 Å². The Morgan fingerprint density at radius 2 is 1.95 bits per heavy atom. The van der Waals surface area contributed by atoms with Crippen molar-refractivity contribution in [2.24, 2.45) is 5.92 Å². The Balaban J connectivity index is 1.88. The maximum Gasteiger partial charge on any atom is 0.0692 e. The van der Waals surface area contributed by atoms with Gasteiger partial charge in [0, 0.05) is 25.2 Å². The van der Waals surface area contributed by atoms with Crippen molar-refractivity contribution < 1.29 is 4.74 Å². The summed E-state index contributed by atoms with van der Waals surface area (Å²) in [5, 5.41) is 3.73. The number of rotatable bonds is 6. The first-order valence-electron chi connectivity index (χ1n) is 9.25. The van der Waals surface area contributed by atoms with Crippen LogP contribution in [0.5, 0.6) is 0 Å². The molecular weight excluding hydrogens is 260 g/mol. The van der Waals surface area contributed by atoms with E-state index in [4.69, 9.17) is 4.74 Å². The SMILES string of the molecule is CCCNC1CCN(C2CCOC(CC)(CC)C2)CC1C. The molecule has 3 unspecified atom stereocenters. The molecule has 0 aromatic rings. The van der Waals surface area contributed by atoms with Gasteiger partial charge in [-0.15, -0.1) is 0 Å². The summed E-state index contributed by atoms with van der Waals surface area (Å²) in [7, 11) is 0. The van der Waals surface area contributed by atoms with Crippen molar-refractivity contribution in [1.29, 1.82) is 0 Å². The Kier molecular flexibility index (Phi) is 6.51. The molecule has 2 aliphatic rings. The molecule has 0 aromatic heterocycles. The second kappa shape index (κ2) is 7.94. The molecule has 2 heterocycles. The minimum Gasteiger partial charge on any atom is -0.375 e. The third-order valence-corrected chi connectivity index (χ3v) is 5.87. The van der Waals surface area contributed by atoms with Crippen molar-refractivity contribution >= 4 is 0 Å². The van der Waals surface area contributed by atoms with Gasteiger partial charge in [0.15, 0.2) is 0 Å². The van der Waals surface area contributed by atoms with E-state index in [1.807, 2.05) is 0 Å². The van der Waals surface area contributed by atoms with Gasteiger partial charge >= 0.3 is 0 Å². The molecule has 2 aliphatic heterocycles. The summed E-state index contributed by atoms with van der Waals surface area (Å²) >= 11 is 0. The Morgan fingerprint density at radius 1 is 1.19 bits per heavy atom. The molecule has 21 heavy (non-hydrogen) atoms. The van der Waals surface area contributed by atoms with Gasteiger partial charge in [-0.3, -0.25) is 4.90 Å². The normalized spacial score (nSPS) is 34.0. The van der Waals surface area contributed by atoms with Crippen LogP contribution in [0, 0.1) is 5.92 Å². The van der Waals surface area contributed by atoms with E-state index < -0.39 is 0 Å². The number of nitrogens with one attached hydrogen (secondary N) is 1. The summed E-state index contributed by atoms with van der Waals surface area (Å²) in [5.74, 6) is 0.769. The standard InChI is InChI=1S/C18H36N2O/c1-5-10-19-17-8-11-20(14-15(17)4)16-9-12-21-18(6-2,7-3)13-16/h15-17,19H,5-14H2,1-4H3. The summed E-state index contributed by atoms with van der Waals surface area (Å²) in [6.07, 6.45) is 7.32. The van der Waals surface area contributed by atoms with E-state index >= 15 is 0 Å². The fourth-order valence-corrected chi connectivity index (χ4v) is 4.20. The lowest BCUT2D eigenvalue weighted by Crippen LogP contribution is -2.55. The first-order valence-corrected chi connectivity index (χ1v) is 9.25. The molecule has 0 spiro atoms. The van der Waals surface area contributed by atoms with Crippen molar-refractivity contribution in [3.63, 3.8) is 0 Å². The van der Waals surface area contributed by atoms with E-state index in [-0.39, 0.29) is 5.60 Å². The Bertz CT molecular complexity index is 304. The number of hydrogen-bond donors (Lipinski definition) is 1. The highest BCUT2D eigenvalue weighted by atomic mass is 16.5.